The van der Waals surface area contributed by atoms with Crippen molar-refractivity contribution in [3.63, 3.8) is 0 Å². The average Bonchev–Trinajstić information content (AvgIpc) is 3.09. The number of esters is 1. The van der Waals surface area contributed by atoms with Crippen LogP contribution in [-0.4, -0.2) is 75.6 Å². The molecule has 0 spiro atoms. The summed E-state index contributed by atoms with van der Waals surface area (Å²) in [7, 11) is 1.64. The van der Waals surface area contributed by atoms with Gasteiger partial charge in [-0.05, 0) is 70.6 Å². The minimum absolute atomic E-state index is 0.0819. The highest BCUT2D eigenvalue weighted by Gasteiger charge is 2.26. The van der Waals surface area contributed by atoms with E-state index < -0.39 is 13.9 Å². The molecule has 0 aromatic rings. The summed E-state index contributed by atoms with van der Waals surface area (Å²) in [6, 6.07) is 0. The molecule has 0 radical (unpaired) electrons. The van der Waals surface area contributed by atoms with Gasteiger partial charge in [0, 0.05) is 13.0 Å². The lowest BCUT2D eigenvalue weighted by Crippen LogP contribution is -2.37. The van der Waals surface area contributed by atoms with E-state index in [9.17, 15) is 14.3 Å². The number of quaternary nitrogens is 1. The van der Waals surface area contributed by atoms with E-state index in [0.717, 1.165) is 77.0 Å². The molecule has 1 N–H and O–H groups in total. The molecule has 0 aliphatic rings. The van der Waals surface area contributed by atoms with Crippen LogP contribution in [0.2, 0.25) is 0 Å². The standard InChI is InChI=1S/C43H80NO7P/c1-6-8-10-12-14-16-18-20-21-22-23-25-27-29-31-33-35-38-48-40-42(41-50-52(46,47)49-39-37-44(3,4)5)51-43(45)36-34-32-30-28-26-24-19-17-15-13-11-9-7-2/h11,13,16-19,21-22,42H,6-10,12,14-15,20,23-41H2,1-5H3/p+1/b13-11-,18-16-,19-17-,22-21-. The molecular weight excluding hydrogens is 673 g/mol. The Morgan fingerprint density at radius 3 is 1.63 bits per heavy atom. The van der Waals surface area contributed by atoms with Crippen molar-refractivity contribution in [1.29, 1.82) is 0 Å². The predicted molar refractivity (Wildman–Crippen MR) is 219 cm³/mol. The number of likely N-dealkylation sites (N-methyl/N-ethyl adjacent to an activating group) is 1. The minimum atomic E-state index is -4.28. The quantitative estimate of drug-likeness (QED) is 0.0221. The summed E-state index contributed by atoms with van der Waals surface area (Å²) in [5.74, 6) is -0.334. The molecule has 0 aliphatic carbocycles. The number of ether oxygens (including phenoxy) is 2. The van der Waals surface area contributed by atoms with Crippen molar-refractivity contribution in [3.8, 4) is 0 Å². The van der Waals surface area contributed by atoms with E-state index in [1.807, 2.05) is 21.1 Å². The SMILES string of the molecule is CCC/C=C\C/C=C\CCCCCCCC(=O)OC(COCCCCCCCC/C=C\C/C=C\CCCCCC)COP(=O)(O)OCC[N+](C)(C)C. The van der Waals surface area contributed by atoms with Crippen molar-refractivity contribution in [2.45, 2.75) is 168 Å². The highest BCUT2D eigenvalue weighted by Crippen LogP contribution is 2.43. The van der Waals surface area contributed by atoms with E-state index >= 15 is 0 Å². The number of nitrogens with zero attached hydrogens (tertiary/aromatic N) is 1. The molecule has 0 saturated heterocycles. The third kappa shape index (κ3) is 39.7. The Kier molecular flexibility index (Phi) is 35.4. The van der Waals surface area contributed by atoms with Gasteiger partial charge in [0.1, 0.15) is 19.3 Å². The number of hydrogen-bond acceptors (Lipinski definition) is 6. The Labute approximate surface area is 320 Å². The third-order valence-electron chi connectivity index (χ3n) is 8.59. The van der Waals surface area contributed by atoms with Crippen molar-refractivity contribution in [3.05, 3.63) is 48.6 Å². The van der Waals surface area contributed by atoms with Crippen molar-refractivity contribution in [2.75, 3.05) is 54.1 Å². The van der Waals surface area contributed by atoms with E-state index in [4.69, 9.17) is 18.5 Å². The Morgan fingerprint density at radius 1 is 0.596 bits per heavy atom. The van der Waals surface area contributed by atoms with Crippen molar-refractivity contribution in [1.82, 2.24) is 0 Å². The zero-order valence-electron chi connectivity index (χ0n) is 34.3. The first-order valence-corrected chi connectivity index (χ1v) is 22.4. The molecule has 0 fully saturated rings. The Morgan fingerprint density at radius 2 is 1.10 bits per heavy atom. The molecule has 0 aromatic heterocycles. The van der Waals surface area contributed by atoms with E-state index in [0.29, 0.717) is 24.1 Å². The van der Waals surface area contributed by atoms with Gasteiger partial charge in [-0.15, -0.1) is 0 Å². The second-order valence-electron chi connectivity index (χ2n) is 15.0. The van der Waals surface area contributed by atoms with Crippen LogP contribution in [0.25, 0.3) is 0 Å². The van der Waals surface area contributed by atoms with Gasteiger partial charge in [0.05, 0.1) is 34.4 Å². The zero-order chi connectivity index (χ0) is 38.4. The zero-order valence-corrected chi connectivity index (χ0v) is 35.2. The number of carbonyl (C=O) groups excluding carboxylic acids is 1. The first-order chi connectivity index (χ1) is 25.1. The van der Waals surface area contributed by atoms with Gasteiger partial charge in [0.25, 0.3) is 0 Å². The number of phosphoric acid groups is 1. The number of phosphoric ester groups is 1. The summed E-state index contributed by atoms with van der Waals surface area (Å²) in [5, 5.41) is 0. The largest absolute Gasteiger partial charge is 0.472 e. The molecular formula is C43H81NO7P+. The molecule has 8 nitrogen and oxygen atoms in total. The maximum atomic E-state index is 12.6. The molecule has 0 rings (SSSR count). The molecule has 0 aromatic carbocycles. The first-order valence-electron chi connectivity index (χ1n) is 20.9. The summed E-state index contributed by atoms with van der Waals surface area (Å²) in [5.41, 5.74) is 0. The number of unbranched alkanes of at least 4 members (excludes halogenated alkanes) is 16. The normalized spacial score (nSPS) is 14.3. The first kappa shape index (κ1) is 50.5. The topological polar surface area (TPSA) is 91.3 Å². The summed E-state index contributed by atoms with van der Waals surface area (Å²) in [6.45, 7) is 5.48. The summed E-state index contributed by atoms with van der Waals surface area (Å²) < 4.78 is 34.9. The maximum absolute atomic E-state index is 12.6. The van der Waals surface area contributed by atoms with Crippen LogP contribution in [0.3, 0.4) is 0 Å². The van der Waals surface area contributed by atoms with Gasteiger partial charge in [0.2, 0.25) is 0 Å². The maximum Gasteiger partial charge on any atom is 0.472 e. The van der Waals surface area contributed by atoms with Crippen molar-refractivity contribution in [2.24, 2.45) is 0 Å². The third-order valence-corrected chi connectivity index (χ3v) is 9.58. The Hall–Kier alpha value is -1.54. The predicted octanol–water partition coefficient (Wildman–Crippen LogP) is 12.0. The monoisotopic (exact) mass is 755 g/mol. The van der Waals surface area contributed by atoms with E-state index in [1.54, 1.807) is 0 Å². The number of carbonyl (C=O) groups is 1. The van der Waals surface area contributed by atoms with Gasteiger partial charge in [-0.25, -0.2) is 4.57 Å². The Bertz CT molecular complexity index is 973. The number of hydrogen-bond donors (Lipinski definition) is 1. The molecule has 0 amide bonds. The minimum Gasteiger partial charge on any atom is -0.457 e. The summed E-state index contributed by atoms with van der Waals surface area (Å²) in [4.78, 5) is 22.8. The van der Waals surface area contributed by atoms with E-state index in [1.165, 1.54) is 64.2 Å². The van der Waals surface area contributed by atoms with E-state index in [2.05, 4.69) is 62.5 Å². The second kappa shape index (κ2) is 36.4. The van der Waals surface area contributed by atoms with Crippen LogP contribution in [0.15, 0.2) is 48.6 Å². The Balaban J connectivity index is 4.30. The summed E-state index contributed by atoms with van der Waals surface area (Å²) in [6.07, 6.45) is 42.8. The van der Waals surface area contributed by atoms with Crippen LogP contribution < -0.4 is 0 Å². The summed E-state index contributed by atoms with van der Waals surface area (Å²) >= 11 is 0. The fourth-order valence-corrected chi connectivity index (χ4v) is 6.07. The van der Waals surface area contributed by atoms with Gasteiger partial charge in [-0.3, -0.25) is 13.8 Å². The lowest BCUT2D eigenvalue weighted by atomic mass is 10.1. The lowest BCUT2D eigenvalue weighted by Gasteiger charge is -2.24. The van der Waals surface area contributed by atoms with Crippen LogP contribution in [0, 0.1) is 0 Å². The molecule has 2 atom stereocenters. The molecule has 9 heteroatoms. The van der Waals surface area contributed by atoms with E-state index in [-0.39, 0.29) is 25.8 Å². The molecule has 0 aliphatic heterocycles. The van der Waals surface area contributed by atoms with Gasteiger partial charge in [-0.2, -0.15) is 0 Å². The highest BCUT2D eigenvalue weighted by molar-refractivity contribution is 7.47. The van der Waals surface area contributed by atoms with Gasteiger partial charge in [-0.1, -0.05) is 133 Å². The van der Waals surface area contributed by atoms with Crippen LogP contribution in [0.5, 0.6) is 0 Å². The van der Waals surface area contributed by atoms with Crippen LogP contribution in [0.4, 0.5) is 0 Å². The molecule has 0 heterocycles. The molecule has 304 valence electrons. The van der Waals surface area contributed by atoms with Crippen molar-refractivity contribution < 1.29 is 37.3 Å². The van der Waals surface area contributed by atoms with Gasteiger partial charge < -0.3 is 18.9 Å². The van der Waals surface area contributed by atoms with Crippen LogP contribution >= 0.6 is 7.82 Å². The van der Waals surface area contributed by atoms with Crippen LogP contribution in [0.1, 0.15) is 162 Å². The lowest BCUT2D eigenvalue weighted by molar-refractivity contribution is -0.870. The molecule has 52 heavy (non-hydrogen) atoms. The molecule has 0 bridgehead atoms. The van der Waals surface area contributed by atoms with Gasteiger partial charge in [0.15, 0.2) is 0 Å². The van der Waals surface area contributed by atoms with Crippen LogP contribution in [-0.2, 0) is 27.9 Å². The van der Waals surface area contributed by atoms with Crippen molar-refractivity contribution >= 4 is 13.8 Å². The number of rotatable bonds is 38. The fourth-order valence-electron chi connectivity index (χ4n) is 5.32. The fraction of sp³-hybridized carbons (Fsp3) is 0.791. The second-order valence-corrected chi connectivity index (χ2v) is 16.5. The molecule has 0 saturated carbocycles. The van der Waals surface area contributed by atoms with Gasteiger partial charge >= 0.3 is 13.8 Å². The molecule has 2 unspecified atom stereocenters. The smallest absolute Gasteiger partial charge is 0.457 e. The number of allylic oxidation sites excluding steroid dienone is 8. The highest BCUT2D eigenvalue weighted by atomic mass is 31.2. The average molecular weight is 755 g/mol.